The van der Waals surface area contributed by atoms with Crippen molar-refractivity contribution < 1.29 is 5.11 Å². The average Bonchev–Trinajstić information content (AvgIpc) is 2.43. The Kier molecular flexibility index (Phi) is 1.40. The second-order valence-electron chi connectivity index (χ2n) is 4.53. The van der Waals surface area contributed by atoms with Gasteiger partial charge in [0.15, 0.2) is 0 Å². The second kappa shape index (κ2) is 2.35. The molecule has 1 fully saturated rings. The van der Waals surface area contributed by atoms with Gasteiger partial charge in [0.1, 0.15) is 0 Å². The fraction of sp³-hybridized carbons (Fsp3) is 0.818. The fourth-order valence-electron chi connectivity index (χ4n) is 3.54. The molecule has 0 aliphatic heterocycles. The molecule has 0 radical (unpaired) electrons. The van der Waals surface area contributed by atoms with Gasteiger partial charge < -0.3 is 5.11 Å². The molecule has 66 valence electrons. The lowest BCUT2D eigenvalue weighted by Crippen LogP contribution is -2.36. The molecule has 0 spiro atoms. The first kappa shape index (κ1) is 7.14. The van der Waals surface area contributed by atoms with Crippen LogP contribution in [0.25, 0.3) is 0 Å². The molecule has 3 aliphatic rings. The van der Waals surface area contributed by atoms with E-state index in [2.05, 4.69) is 0 Å². The Labute approximate surface area is 73.5 Å². The van der Waals surface area contributed by atoms with Crippen molar-refractivity contribution in [3.63, 3.8) is 0 Å². The zero-order valence-electron chi connectivity index (χ0n) is 7.42. The summed E-state index contributed by atoms with van der Waals surface area (Å²) in [5.41, 5.74) is 3.14. The van der Waals surface area contributed by atoms with E-state index in [9.17, 15) is 5.11 Å². The van der Waals surface area contributed by atoms with Gasteiger partial charge in [0.2, 0.25) is 0 Å². The van der Waals surface area contributed by atoms with E-state index in [-0.39, 0.29) is 6.10 Å². The first-order chi connectivity index (χ1) is 5.88. The monoisotopic (exact) mass is 164 g/mol. The maximum Gasteiger partial charge on any atom is 0.0755 e. The quantitative estimate of drug-likeness (QED) is 0.544. The summed E-state index contributed by atoms with van der Waals surface area (Å²) in [5.74, 6) is 1.73. The third-order valence-corrected chi connectivity index (χ3v) is 4.02. The van der Waals surface area contributed by atoms with Crippen LogP contribution in [-0.4, -0.2) is 11.2 Å². The van der Waals surface area contributed by atoms with Gasteiger partial charge in [-0.15, -0.1) is 0 Å². The zero-order chi connectivity index (χ0) is 8.13. The summed E-state index contributed by atoms with van der Waals surface area (Å²) in [6.07, 6.45) is 7.68. The van der Waals surface area contributed by atoms with Crippen LogP contribution in [0.2, 0.25) is 0 Å². The molecular weight excluding hydrogens is 148 g/mol. The molecule has 1 N–H and O–H groups in total. The summed E-state index contributed by atoms with van der Waals surface area (Å²) in [6.45, 7) is 0. The number of rotatable bonds is 0. The molecule has 3 rings (SSSR count). The smallest absolute Gasteiger partial charge is 0.0755 e. The highest BCUT2D eigenvalue weighted by Gasteiger charge is 2.46. The van der Waals surface area contributed by atoms with Crippen molar-refractivity contribution in [3.8, 4) is 0 Å². The number of fused-ring (bicyclic) bond motifs is 3. The predicted molar refractivity (Wildman–Crippen MR) is 47.7 cm³/mol. The van der Waals surface area contributed by atoms with Crippen molar-refractivity contribution >= 4 is 0 Å². The summed E-state index contributed by atoms with van der Waals surface area (Å²) in [4.78, 5) is 0. The number of hydrogen-bond donors (Lipinski definition) is 1. The van der Waals surface area contributed by atoms with Gasteiger partial charge in [-0.05, 0) is 49.5 Å². The number of aliphatic hydroxyl groups is 1. The van der Waals surface area contributed by atoms with Crippen molar-refractivity contribution in [3.05, 3.63) is 11.1 Å². The largest absolute Gasteiger partial charge is 0.389 e. The van der Waals surface area contributed by atoms with Gasteiger partial charge in [-0.25, -0.2) is 0 Å². The second-order valence-corrected chi connectivity index (χ2v) is 4.53. The number of aliphatic hydroxyl groups excluding tert-OH is 1. The van der Waals surface area contributed by atoms with Crippen molar-refractivity contribution in [2.75, 3.05) is 0 Å². The van der Waals surface area contributed by atoms with Gasteiger partial charge in [-0.1, -0.05) is 12.0 Å². The molecule has 3 unspecified atom stereocenters. The Balaban J connectivity index is 1.95. The minimum Gasteiger partial charge on any atom is -0.389 e. The molecule has 1 nitrogen and oxygen atoms in total. The van der Waals surface area contributed by atoms with E-state index in [1.54, 1.807) is 5.57 Å². The lowest BCUT2D eigenvalue weighted by Gasteiger charge is -2.43. The minimum absolute atomic E-state index is 0.0481. The summed E-state index contributed by atoms with van der Waals surface area (Å²) >= 11 is 0. The van der Waals surface area contributed by atoms with Gasteiger partial charge in [0.25, 0.3) is 0 Å². The maximum absolute atomic E-state index is 9.79. The minimum atomic E-state index is -0.0481. The zero-order valence-corrected chi connectivity index (χ0v) is 7.42. The van der Waals surface area contributed by atoms with E-state index in [1.165, 1.54) is 37.7 Å². The molecule has 0 heterocycles. The molecule has 1 heteroatoms. The maximum atomic E-state index is 9.79. The third-order valence-electron chi connectivity index (χ3n) is 4.02. The SMILES string of the molecule is OC1CCCC2=C1C1CCCC21. The molecular formula is C11H16O. The highest BCUT2D eigenvalue weighted by Crippen LogP contribution is 2.56. The highest BCUT2D eigenvalue weighted by molar-refractivity contribution is 5.38. The Morgan fingerprint density at radius 1 is 1.00 bits per heavy atom. The van der Waals surface area contributed by atoms with Crippen LogP contribution in [0.15, 0.2) is 11.1 Å². The lowest BCUT2D eigenvalue weighted by molar-refractivity contribution is 0.146. The van der Waals surface area contributed by atoms with Gasteiger partial charge in [0, 0.05) is 0 Å². The molecule has 0 aromatic carbocycles. The highest BCUT2D eigenvalue weighted by atomic mass is 16.3. The molecule has 0 saturated heterocycles. The first-order valence-electron chi connectivity index (χ1n) is 5.29. The summed E-state index contributed by atoms with van der Waals surface area (Å²) in [6, 6.07) is 0. The number of hydrogen-bond acceptors (Lipinski definition) is 1. The summed E-state index contributed by atoms with van der Waals surface area (Å²) < 4.78 is 0. The van der Waals surface area contributed by atoms with E-state index in [0.717, 1.165) is 18.3 Å². The Morgan fingerprint density at radius 3 is 2.75 bits per heavy atom. The molecule has 0 amide bonds. The van der Waals surface area contributed by atoms with Crippen molar-refractivity contribution in [2.24, 2.45) is 11.8 Å². The van der Waals surface area contributed by atoms with E-state index in [4.69, 9.17) is 0 Å². The van der Waals surface area contributed by atoms with Crippen LogP contribution in [-0.2, 0) is 0 Å². The van der Waals surface area contributed by atoms with Crippen LogP contribution in [0.4, 0.5) is 0 Å². The summed E-state index contributed by atoms with van der Waals surface area (Å²) in [5, 5.41) is 9.79. The van der Waals surface area contributed by atoms with Crippen LogP contribution < -0.4 is 0 Å². The molecule has 0 bridgehead atoms. The van der Waals surface area contributed by atoms with Gasteiger partial charge >= 0.3 is 0 Å². The van der Waals surface area contributed by atoms with Crippen LogP contribution in [0.5, 0.6) is 0 Å². The molecule has 0 aromatic rings. The Morgan fingerprint density at radius 2 is 1.83 bits per heavy atom. The molecule has 12 heavy (non-hydrogen) atoms. The van der Waals surface area contributed by atoms with E-state index in [0.29, 0.717) is 0 Å². The molecule has 1 saturated carbocycles. The van der Waals surface area contributed by atoms with E-state index >= 15 is 0 Å². The lowest BCUT2D eigenvalue weighted by atomic mass is 9.63. The van der Waals surface area contributed by atoms with Crippen LogP contribution in [0.1, 0.15) is 38.5 Å². The van der Waals surface area contributed by atoms with Crippen molar-refractivity contribution in [1.82, 2.24) is 0 Å². The molecule has 3 aliphatic carbocycles. The predicted octanol–water partition coefficient (Wildman–Crippen LogP) is 2.26. The molecule has 0 aromatic heterocycles. The van der Waals surface area contributed by atoms with Crippen LogP contribution in [0, 0.1) is 11.8 Å². The molecule has 3 atom stereocenters. The van der Waals surface area contributed by atoms with Crippen LogP contribution in [0.3, 0.4) is 0 Å². The van der Waals surface area contributed by atoms with Crippen LogP contribution >= 0.6 is 0 Å². The van der Waals surface area contributed by atoms with Gasteiger partial charge in [0.05, 0.1) is 6.10 Å². The van der Waals surface area contributed by atoms with Gasteiger partial charge in [-0.2, -0.15) is 0 Å². The average molecular weight is 164 g/mol. The topological polar surface area (TPSA) is 20.2 Å². The fourth-order valence-corrected chi connectivity index (χ4v) is 3.54. The summed E-state index contributed by atoms with van der Waals surface area (Å²) in [7, 11) is 0. The first-order valence-corrected chi connectivity index (χ1v) is 5.29. The van der Waals surface area contributed by atoms with Gasteiger partial charge in [-0.3, -0.25) is 0 Å². The van der Waals surface area contributed by atoms with Crippen molar-refractivity contribution in [1.29, 1.82) is 0 Å². The van der Waals surface area contributed by atoms with Crippen molar-refractivity contribution in [2.45, 2.75) is 44.6 Å². The van der Waals surface area contributed by atoms with E-state index < -0.39 is 0 Å². The Bertz CT molecular complexity index is 241. The van der Waals surface area contributed by atoms with E-state index in [1.807, 2.05) is 0 Å². The Hall–Kier alpha value is -0.300. The normalized spacial score (nSPS) is 45.2. The number of allylic oxidation sites excluding steroid dienone is 1. The standard InChI is InChI=1S/C11H16O/c12-10-6-2-5-9-7-3-1-4-8(7)11(9)10/h7-8,10,12H,1-6H2. The third kappa shape index (κ3) is 0.731.